The lowest BCUT2D eigenvalue weighted by molar-refractivity contribution is -0.134. The molecule has 0 aliphatic carbocycles. The van der Waals surface area contributed by atoms with Gasteiger partial charge >= 0.3 is 0 Å². The van der Waals surface area contributed by atoms with Crippen LogP contribution in [0.5, 0.6) is 0 Å². The van der Waals surface area contributed by atoms with Gasteiger partial charge in [-0.25, -0.2) is 0 Å². The van der Waals surface area contributed by atoms with E-state index in [0.29, 0.717) is 12.8 Å². The van der Waals surface area contributed by atoms with Gasteiger partial charge in [0.15, 0.2) is 0 Å². The van der Waals surface area contributed by atoms with Crippen LogP contribution < -0.4 is 5.32 Å². The Hall–Kier alpha value is -1.84. The number of hydrogen-bond donors (Lipinski definition) is 1. The number of nitrogens with one attached hydrogen (secondary N) is 1. The summed E-state index contributed by atoms with van der Waals surface area (Å²) >= 11 is 0. The Morgan fingerprint density at radius 1 is 1.12 bits per heavy atom. The van der Waals surface area contributed by atoms with Gasteiger partial charge in [-0.15, -0.1) is 0 Å². The van der Waals surface area contributed by atoms with E-state index in [1.54, 1.807) is 0 Å². The Morgan fingerprint density at radius 3 is 2.33 bits per heavy atom. The second-order valence-electron chi connectivity index (χ2n) is 7.95. The maximum absolute atomic E-state index is 12.2. The van der Waals surface area contributed by atoms with E-state index < -0.39 is 0 Å². The third-order valence-electron chi connectivity index (χ3n) is 4.38. The number of piperidine rings is 1. The van der Waals surface area contributed by atoms with Crippen molar-refractivity contribution in [2.75, 3.05) is 13.1 Å². The fraction of sp³-hybridized carbons (Fsp3) is 0.600. The molecule has 1 aliphatic rings. The van der Waals surface area contributed by atoms with Crippen molar-refractivity contribution in [2.45, 2.75) is 58.9 Å². The van der Waals surface area contributed by atoms with E-state index in [4.69, 9.17) is 0 Å². The van der Waals surface area contributed by atoms with Crippen molar-refractivity contribution < 1.29 is 9.59 Å². The zero-order chi connectivity index (χ0) is 17.6. The molecule has 2 rings (SSSR count). The highest BCUT2D eigenvalue weighted by atomic mass is 16.2. The Morgan fingerprint density at radius 2 is 1.75 bits per heavy atom. The van der Waals surface area contributed by atoms with Crippen LogP contribution in [0.25, 0.3) is 0 Å². The molecule has 24 heavy (non-hydrogen) atoms. The molecule has 0 saturated carbocycles. The minimum atomic E-state index is 0.0274. The molecular weight excluding hydrogens is 300 g/mol. The molecule has 132 valence electrons. The number of likely N-dealkylation sites (tertiary alicyclic amines) is 1. The summed E-state index contributed by atoms with van der Waals surface area (Å²) in [7, 11) is 0. The van der Waals surface area contributed by atoms with Crippen LogP contribution in [-0.4, -0.2) is 35.8 Å². The van der Waals surface area contributed by atoms with Crippen LogP contribution in [0.15, 0.2) is 30.3 Å². The minimum absolute atomic E-state index is 0.0274. The second-order valence-corrected chi connectivity index (χ2v) is 7.95. The molecule has 0 atom stereocenters. The molecule has 0 radical (unpaired) electrons. The molecule has 1 aliphatic heterocycles. The van der Waals surface area contributed by atoms with Crippen molar-refractivity contribution in [2.24, 2.45) is 5.41 Å². The molecule has 4 nitrogen and oxygen atoms in total. The molecule has 1 heterocycles. The summed E-state index contributed by atoms with van der Waals surface area (Å²) < 4.78 is 0. The maximum atomic E-state index is 12.2. The highest BCUT2D eigenvalue weighted by Gasteiger charge is 2.26. The number of carbonyl (C=O) groups is 2. The first kappa shape index (κ1) is 18.5. The van der Waals surface area contributed by atoms with E-state index in [9.17, 15) is 9.59 Å². The SMILES string of the molecule is CC(C)(C)CC(=O)N1CCC(NC(=O)CCc2ccccc2)CC1. The summed E-state index contributed by atoms with van der Waals surface area (Å²) in [5.74, 6) is 0.342. The van der Waals surface area contributed by atoms with Gasteiger partial charge in [0.25, 0.3) is 0 Å². The molecule has 0 aromatic heterocycles. The molecule has 0 spiro atoms. The van der Waals surface area contributed by atoms with E-state index in [1.807, 2.05) is 35.2 Å². The minimum Gasteiger partial charge on any atom is -0.353 e. The first-order valence-corrected chi connectivity index (χ1v) is 8.94. The van der Waals surface area contributed by atoms with Crippen LogP contribution >= 0.6 is 0 Å². The van der Waals surface area contributed by atoms with E-state index in [2.05, 4.69) is 26.1 Å². The van der Waals surface area contributed by atoms with Crippen LogP contribution in [0.3, 0.4) is 0 Å². The largest absolute Gasteiger partial charge is 0.353 e. The molecule has 1 aromatic rings. The van der Waals surface area contributed by atoms with Crippen molar-refractivity contribution >= 4 is 11.8 Å². The highest BCUT2D eigenvalue weighted by molar-refractivity contribution is 5.77. The van der Waals surface area contributed by atoms with Crippen molar-refractivity contribution in [3.05, 3.63) is 35.9 Å². The Kier molecular flexibility index (Phi) is 6.41. The quantitative estimate of drug-likeness (QED) is 0.901. The molecule has 0 unspecified atom stereocenters. The van der Waals surface area contributed by atoms with E-state index in [0.717, 1.165) is 32.4 Å². The second kappa shape index (κ2) is 8.32. The van der Waals surface area contributed by atoms with Crippen molar-refractivity contribution in [3.8, 4) is 0 Å². The van der Waals surface area contributed by atoms with Gasteiger partial charge in [-0.1, -0.05) is 51.1 Å². The summed E-state index contributed by atoms with van der Waals surface area (Å²) in [5.41, 5.74) is 1.22. The topological polar surface area (TPSA) is 49.4 Å². The van der Waals surface area contributed by atoms with Gasteiger partial charge in [-0.3, -0.25) is 9.59 Å². The fourth-order valence-corrected chi connectivity index (χ4v) is 3.04. The number of aryl methyl sites for hydroxylation is 1. The summed E-state index contributed by atoms with van der Waals surface area (Å²) in [6, 6.07) is 10.3. The van der Waals surface area contributed by atoms with E-state index in [-0.39, 0.29) is 23.3 Å². The molecule has 1 fully saturated rings. The lowest BCUT2D eigenvalue weighted by Crippen LogP contribution is -2.47. The predicted molar refractivity (Wildman–Crippen MR) is 96.6 cm³/mol. The van der Waals surface area contributed by atoms with Gasteiger partial charge in [0, 0.05) is 32.0 Å². The number of amides is 2. The van der Waals surface area contributed by atoms with E-state index in [1.165, 1.54) is 5.56 Å². The van der Waals surface area contributed by atoms with Crippen LogP contribution in [-0.2, 0) is 16.0 Å². The highest BCUT2D eigenvalue weighted by Crippen LogP contribution is 2.21. The number of carbonyl (C=O) groups excluding carboxylic acids is 2. The molecular formula is C20H30N2O2. The van der Waals surface area contributed by atoms with Crippen LogP contribution in [0.2, 0.25) is 0 Å². The standard InChI is InChI=1S/C20H30N2O2/c1-20(2,3)15-19(24)22-13-11-17(12-14-22)21-18(23)10-9-16-7-5-4-6-8-16/h4-8,17H,9-15H2,1-3H3,(H,21,23). The van der Waals surface area contributed by atoms with E-state index >= 15 is 0 Å². The molecule has 4 heteroatoms. The lowest BCUT2D eigenvalue weighted by Gasteiger charge is -2.34. The van der Waals surface area contributed by atoms with Crippen molar-refractivity contribution in [1.82, 2.24) is 10.2 Å². The van der Waals surface area contributed by atoms with Crippen molar-refractivity contribution in [3.63, 3.8) is 0 Å². The third-order valence-corrected chi connectivity index (χ3v) is 4.38. The summed E-state index contributed by atoms with van der Waals surface area (Å²) in [6.45, 7) is 7.76. The smallest absolute Gasteiger partial charge is 0.223 e. The summed E-state index contributed by atoms with van der Waals surface area (Å²) in [5, 5.41) is 3.12. The molecule has 1 aromatic carbocycles. The molecule has 1 N–H and O–H groups in total. The Labute approximate surface area is 145 Å². The first-order chi connectivity index (χ1) is 11.3. The van der Waals surface area contributed by atoms with Gasteiger partial charge in [-0.2, -0.15) is 0 Å². The van der Waals surface area contributed by atoms with Gasteiger partial charge in [0.05, 0.1) is 0 Å². The average molecular weight is 330 g/mol. The fourth-order valence-electron chi connectivity index (χ4n) is 3.04. The molecule has 1 saturated heterocycles. The molecule has 0 bridgehead atoms. The third kappa shape index (κ3) is 6.34. The van der Waals surface area contributed by atoms with Gasteiger partial charge in [-0.05, 0) is 30.2 Å². The monoisotopic (exact) mass is 330 g/mol. The normalized spacial score (nSPS) is 16.0. The predicted octanol–water partition coefficient (Wildman–Crippen LogP) is 3.16. The first-order valence-electron chi connectivity index (χ1n) is 8.94. The van der Waals surface area contributed by atoms with Gasteiger partial charge in [0.1, 0.15) is 0 Å². The number of nitrogens with zero attached hydrogens (tertiary/aromatic N) is 1. The maximum Gasteiger partial charge on any atom is 0.223 e. The Bertz CT molecular complexity index is 541. The van der Waals surface area contributed by atoms with Crippen LogP contribution in [0.4, 0.5) is 0 Å². The molecule has 2 amide bonds. The summed E-state index contributed by atoms with van der Waals surface area (Å²) in [4.78, 5) is 26.3. The summed E-state index contributed by atoms with van der Waals surface area (Å²) in [6.07, 6.45) is 3.59. The zero-order valence-electron chi connectivity index (χ0n) is 15.2. The van der Waals surface area contributed by atoms with Crippen molar-refractivity contribution in [1.29, 1.82) is 0 Å². The van der Waals surface area contributed by atoms with Gasteiger partial charge < -0.3 is 10.2 Å². The zero-order valence-corrected chi connectivity index (χ0v) is 15.2. The van der Waals surface area contributed by atoms with Crippen LogP contribution in [0, 0.1) is 5.41 Å². The Balaban J connectivity index is 1.69. The van der Waals surface area contributed by atoms with Gasteiger partial charge in [0.2, 0.25) is 11.8 Å². The van der Waals surface area contributed by atoms with Crippen LogP contribution in [0.1, 0.15) is 52.0 Å². The number of benzene rings is 1. The average Bonchev–Trinajstić information content (AvgIpc) is 2.53. The number of rotatable bonds is 5. The lowest BCUT2D eigenvalue weighted by atomic mass is 9.91. The number of hydrogen-bond acceptors (Lipinski definition) is 2.